The average molecular weight is 293 g/mol. The highest BCUT2D eigenvalue weighted by atomic mass is 16.5. The molecular formula is C15H23N3O3. The predicted molar refractivity (Wildman–Crippen MR) is 80.8 cm³/mol. The van der Waals surface area contributed by atoms with Crippen molar-refractivity contribution in [2.75, 3.05) is 27.2 Å². The molecule has 0 saturated heterocycles. The normalized spacial score (nSPS) is 11.8. The van der Waals surface area contributed by atoms with Gasteiger partial charge in [0.15, 0.2) is 0 Å². The van der Waals surface area contributed by atoms with Gasteiger partial charge in [0.1, 0.15) is 12.6 Å². The van der Waals surface area contributed by atoms with Gasteiger partial charge in [-0.05, 0) is 26.6 Å². The lowest BCUT2D eigenvalue weighted by atomic mass is 10.2. The van der Waals surface area contributed by atoms with Gasteiger partial charge in [0.25, 0.3) is 0 Å². The molecule has 0 saturated carbocycles. The highest BCUT2D eigenvalue weighted by Gasteiger charge is 2.15. The molecule has 0 aliphatic carbocycles. The molecule has 1 rings (SSSR count). The van der Waals surface area contributed by atoms with Crippen LogP contribution >= 0.6 is 0 Å². The molecule has 6 heteroatoms. The van der Waals surface area contributed by atoms with E-state index in [9.17, 15) is 9.59 Å². The molecule has 0 heterocycles. The predicted octanol–water partition coefficient (Wildman–Crippen LogP) is 0.979. The van der Waals surface area contributed by atoms with Crippen molar-refractivity contribution in [3.63, 3.8) is 0 Å². The Hall–Kier alpha value is -2.08. The SMILES string of the molecule is C[C@@H](NC(=O)OCc1ccccc1)C(=O)NCCN(C)C. The summed E-state index contributed by atoms with van der Waals surface area (Å²) in [6.07, 6.45) is -0.603. The molecule has 0 aliphatic heterocycles. The Balaban J connectivity index is 2.25. The number of likely N-dealkylation sites (N-methyl/N-ethyl adjacent to an activating group) is 1. The lowest BCUT2D eigenvalue weighted by Gasteiger charge is -2.15. The van der Waals surface area contributed by atoms with Crippen LogP contribution in [0.4, 0.5) is 4.79 Å². The van der Waals surface area contributed by atoms with Crippen LogP contribution in [0.25, 0.3) is 0 Å². The Kier molecular flexibility index (Phi) is 7.25. The molecule has 0 fully saturated rings. The van der Waals surface area contributed by atoms with E-state index in [0.717, 1.165) is 12.1 Å². The summed E-state index contributed by atoms with van der Waals surface area (Å²) in [5.41, 5.74) is 0.899. The van der Waals surface area contributed by atoms with E-state index in [1.807, 2.05) is 49.3 Å². The Morgan fingerprint density at radius 3 is 2.52 bits per heavy atom. The molecule has 116 valence electrons. The molecule has 6 nitrogen and oxygen atoms in total. The zero-order valence-electron chi connectivity index (χ0n) is 12.8. The summed E-state index contributed by atoms with van der Waals surface area (Å²) < 4.78 is 5.05. The third-order valence-electron chi connectivity index (χ3n) is 2.80. The number of benzene rings is 1. The molecule has 1 aromatic carbocycles. The largest absolute Gasteiger partial charge is 0.445 e. The van der Waals surface area contributed by atoms with E-state index in [-0.39, 0.29) is 12.5 Å². The van der Waals surface area contributed by atoms with Crippen LogP contribution in [-0.4, -0.2) is 50.1 Å². The van der Waals surface area contributed by atoms with Gasteiger partial charge < -0.3 is 20.3 Å². The summed E-state index contributed by atoms with van der Waals surface area (Å²) in [5.74, 6) is -0.228. The van der Waals surface area contributed by atoms with Crippen molar-refractivity contribution < 1.29 is 14.3 Å². The van der Waals surface area contributed by atoms with Crippen molar-refractivity contribution in [1.29, 1.82) is 0 Å². The Labute approximate surface area is 125 Å². The van der Waals surface area contributed by atoms with Crippen LogP contribution in [0.1, 0.15) is 12.5 Å². The number of rotatable bonds is 7. The molecule has 0 unspecified atom stereocenters. The number of carbonyl (C=O) groups is 2. The van der Waals surface area contributed by atoms with E-state index >= 15 is 0 Å². The molecule has 1 aromatic rings. The molecule has 2 amide bonds. The fraction of sp³-hybridized carbons (Fsp3) is 0.467. The van der Waals surface area contributed by atoms with Crippen molar-refractivity contribution in [1.82, 2.24) is 15.5 Å². The summed E-state index contributed by atoms with van der Waals surface area (Å²) in [5, 5.41) is 5.24. The maximum absolute atomic E-state index is 11.7. The van der Waals surface area contributed by atoms with Gasteiger partial charge in [0, 0.05) is 13.1 Å². The second kappa shape index (κ2) is 8.97. The molecule has 0 aliphatic rings. The van der Waals surface area contributed by atoms with Crippen LogP contribution in [-0.2, 0) is 16.1 Å². The van der Waals surface area contributed by atoms with Gasteiger partial charge >= 0.3 is 6.09 Å². The van der Waals surface area contributed by atoms with Crippen LogP contribution in [0, 0.1) is 0 Å². The van der Waals surface area contributed by atoms with Crippen LogP contribution in [0.5, 0.6) is 0 Å². The second-order valence-corrected chi connectivity index (χ2v) is 5.02. The van der Waals surface area contributed by atoms with Gasteiger partial charge in [-0.15, -0.1) is 0 Å². The van der Waals surface area contributed by atoms with Crippen molar-refractivity contribution in [3.05, 3.63) is 35.9 Å². The van der Waals surface area contributed by atoms with Crippen molar-refractivity contribution in [3.8, 4) is 0 Å². The van der Waals surface area contributed by atoms with Crippen LogP contribution in [0.15, 0.2) is 30.3 Å². The summed E-state index contributed by atoms with van der Waals surface area (Å²) in [6, 6.07) is 8.74. The minimum absolute atomic E-state index is 0.182. The van der Waals surface area contributed by atoms with E-state index in [1.54, 1.807) is 6.92 Å². The van der Waals surface area contributed by atoms with E-state index in [1.165, 1.54) is 0 Å². The first-order chi connectivity index (χ1) is 9.99. The molecule has 21 heavy (non-hydrogen) atoms. The first-order valence-electron chi connectivity index (χ1n) is 6.88. The Morgan fingerprint density at radius 1 is 1.24 bits per heavy atom. The first kappa shape index (κ1) is 17.0. The molecular weight excluding hydrogens is 270 g/mol. The quantitative estimate of drug-likeness (QED) is 0.786. The number of carbonyl (C=O) groups excluding carboxylic acids is 2. The van der Waals surface area contributed by atoms with Crippen LogP contribution < -0.4 is 10.6 Å². The van der Waals surface area contributed by atoms with Gasteiger partial charge in [-0.2, -0.15) is 0 Å². The smallest absolute Gasteiger partial charge is 0.408 e. The lowest BCUT2D eigenvalue weighted by molar-refractivity contribution is -0.122. The van der Waals surface area contributed by atoms with Gasteiger partial charge in [-0.3, -0.25) is 4.79 Å². The Morgan fingerprint density at radius 2 is 1.90 bits per heavy atom. The number of ether oxygens (including phenoxy) is 1. The van der Waals surface area contributed by atoms with Gasteiger partial charge in [0.2, 0.25) is 5.91 Å². The van der Waals surface area contributed by atoms with E-state index < -0.39 is 12.1 Å². The van der Waals surface area contributed by atoms with Crippen molar-refractivity contribution >= 4 is 12.0 Å². The molecule has 0 spiro atoms. The second-order valence-electron chi connectivity index (χ2n) is 5.02. The molecule has 0 bridgehead atoms. The number of nitrogens with one attached hydrogen (secondary N) is 2. The number of alkyl carbamates (subject to hydrolysis) is 1. The summed E-state index contributed by atoms with van der Waals surface area (Å²) in [7, 11) is 3.85. The topological polar surface area (TPSA) is 70.7 Å². The van der Waals surface area contributed by atoms with E-state index in [4.69, 9.17) is 4.74 Å². The van der Waals surface area contributed by atoms with Gasteiger partial charge in [-0.25, -0.2) is 4.79 Å². The minimum atomic E-state index is -0.629. The first-order valence-corrected chi connectivity index (χ1v) is 6.88. The zero-order valence-corrected chi connectivity index (χ0v) is 12.8. The van der Waals surface area contributed by atoms with E-state index in [0.29, 0.717) is 6.54 Å². The highest BCUT2D eigenvalue weighted by molar-refractivity contribution is 5.85. The summed E-state index contributed by atoms with van der Waals surface area (Å²) >= 11 is 0. The average Bonchev–Trinajstić information content (AvgIpc) is 2.45. The van der Waals surface area contributed by atoms with Crippen LogP contribution in [0.3, 0.4) is 0 Å². The highest BCUT2D eigenvalue weighted by Crippen LogP contribution is 2.00. The lowest BCUT2D eigenvalue weighted by Crippen LogP contribution is -2.46. The van der Waals surface area contributed by atoms with Crippen molar-refractivity contribution in [2.45, 2.75) is 19.6 Å². The molecule has 1 atom stereocenters. The van der Waals surface area contributed by atoms with E-state index in [2.05, 4.69) is 10.6 Å². The number of nitrogens with zero attached hydrogens (tertiary/aromatic N) is 1. The van der Waals surface area contributed by atoms with Crippen molar-refractivity contribution in [2.24, 2.45) is 0 Å². The third-order valence-corrected chi connectivity index (χ3v) is 2.80. The fourth-order valence-electron chi connectivity index (χ4n) is 1.56. The number of hydrogen-bond acceptors (Lipinski definition) is 4. The maximum Gasteiger partial charge on any atom is 0.408 e. The molecule has 0 aromatic heterocycles. The monoisotopic (exact) mass is 293 g/mol. The maximum atomic E-state index is 11.7. The number of hydrogen-bond donors (Lipinski definition) is 2. The van der Waals surface area contributed by atoms with Gasteiger partial charge in [-0.1, -0.05) is 30.3 Å². The minimum Gasteiger partial charge on any atom is -0.445 e. The standard InChI is InChI=1S/C15H23N3O3/c1-12(14(19)16-9-10-18(2)3)17-15(20)21-11-13-7-5-4-6-8-13/h4-8,12H,9-11H2,1-3H3,(H,16,19)(H,17,20)/t12-/m1/s1. The third kappa shape index (κ3) is 7.31. The van der Waals surface area contributed by atoms with Crippen LogP contribution in [0.2, 0.25) is 0 Å². The van der Waals surface area contributed by atoms with Gasteiger partial charge in [0.05, 0.1) is 0 Å². The summed E-state index contributed by atoms with van der Waals surface area (Å²) in [6.45, 7) is 3.09. The zero-order chi connectivity index (χ0) is 15.7. The Bertz CT molecular complexity index is 449. The fourth-order valence-corrected chi connectivity index (χ4v) is 1.56. The molecule has 0 radical (unpaired) electrons. The molecule has 2 N–H and O–H groups in total. The number of amides is 2. The summed E-state index contributed by atoms with van der Waals surface area (Å²) in [4.78, 5) is 25.3.